The van der Waals surface area contributed by atoms with Crippen LogP contribution in [0.4, 0.5) is 4.39 Å². The van der Waals surface area contributed by atoms with Crippen LogP contribution in [0, 0.1) is 46.3 Å². The van der Waals surface area contributed by atoms with E-state index in [9.17, 15) is 19.4 Å². The van der Waals surface area contributed by atoms with Crippen LogP contribution in [0.15, 0.2) is 0 Å². The predicted octanol–water partition coefficient (Wildman–Crippen LogP) is 4.93. The van der Waals surface area contributed by atoms with Gasteiger partial charge in [0.1, 0.15) is 6.67 Å². The number of carbonyl (C=O) groups excluding carboxylic acids is 1. The van der Waals surface area contributed by atoms with Gasteiger partial charge in [-0.3, -0.25) is 4.79 Å². The van der Waals surface area contributed by atoms with Crippen LogP contribution in [0.5, 0.6) is 0 Å². The molecule has 0 aromatic rings. The minimum absolute atomic E-state index is 0.186. The lowest BCUT2D eigenvalue weighted by atomic mass is 9.43. The van der Waals surface area contributed by atoms with Gasteiger partial charge in [0.25, 0.3) is 0 Å². The summed E-state index contributed by atoms with van der Waals surface area (Å²) < 4.78 is 12.6. The van der Waals surface area contributed by atoms with Crippen molar-refractivity contribution in [1.82, 2.24) is 0 Å². The van der Waals surface area contributed by atoms with E-state index < -0.39 is 6.67 Å². The van der Waals surface area contributed by atoms with Crippen LogP contribution in [-0.4, -0.2) is 34.9 Å². The number of rotatable bonds is 5. The Hall–Kier alpha value is -0.480. The number of aliphatic hydroxyl groups is 2. The molecule has 0 saturated heterocycles. The molecule has 10 atom stereocenters. The fourth-order valence-corrected chi connectivity index (χ4v) is 8.83. The van der Waals surface area contributed by atoms with Crippen LogP contribution in [0.1, 0.15) is 85.0 Å². The Morgan fingerprint density at radius 1 is 1.03 bits per heavy atom. The van der Waals surface area contributed by atoms with Crippen LogP contribution < -0.4 is 0 Å². The molecule has 0 aromatic heterocycles. The molecule has 4 fully saturated rings. The van der Waals surface area contributed by atoms with Gasteiger partial charge in [0.05, 0.1) is 12.2 Å². The fourth-order valence-electron chi connectivity index (χ4n) is 8.83. The van der Waals surface area contributed by atoms with Crippen LogP contribution >= 0.6 is 0 Å². The smallest absolute Gasteiger partial charge is 0.163 e. The topological polar surface area (TPSA) is 57.5 Å². The van der Waals surface area contributed by atoms with Crippen molar-refractivity contribution in [2.75, 3.05) is 6.67 Å². The zero-order valence-corrected chi connectivity index (χ0v) is 18.6. The van der Waals surface area contributed by atoms with Crippen LogP contribution in [-0.2, 0) is 4.79 Å². The third-order valence-electron chi connectivity index (χ3n) is 10.4. The lowest BCUT2D eigenvalue weighted by Gasteiger charge is -2.62. The molecule has 4 rings (SSSR count). The molecular formula is C25H41FO3. The van der Waals surface area contributed by atoms with Gasteiger partial charge >= 0.3 is 0 Å². The molecule has 29 heavy (non-hydrogen) atoms. The summed E-state index contributed by atoms with van der Waals surface area (Å²) in [5.74, 6) is 2.72. The number of hydrogen-bond donors (Lipinski definition) is 2. The van der Waals surface area contributed by atoms with Gasteiger partial charge in [-0.25, -0.2) is 4.39 Å². The van der Waals surface area contributed by atoms with E-state index in [-0.39, 0.29) is 28.8 Å². The second-order valence-corrected chi connectivity index (χ2v) is 11.6. The molecule has 0 bridgehead atoms. The van der Waals surface area contributed by atoms with Gasteiger partial charge in [-0.05, 0) is 104 Å². The molecule has 166 valence electrons. The molecule has 0 spiro atoms. The molecule has 0 aliphatic heterocycles. The van der Waals surface area contributed by atoms with E-state index in [4.69, 9.17) is 0 Å². The van der Waals surface area contributed by atoms with Crippen LogP contribution in [0.3, 0.4) is 0 Å². The highest BCUT2D eigenvalue weighted by molar-refractivity contribution is 5.79. The summed E-state index contributed by atoms with van der Waals surface area (Å²) in [6.45, 7) is 6.33. The molecule has 0 heterocycles. The Morgan fingerprint density at radius 2 is 1.72 bits per heavy atom. The molecule has 3 nitrogen and oxygen atoms in total. The quantitative estimate of drug-likeness (QED) is 0.678. The number of alkyl halides is 1. The van der Waals surface area contributed by atoms with Crippen molar-refractivity contribution >= 4 is 5.78 Å². The molecule has 4 aliphatic carbocycles. The van der Waals surface area contributed by atoms with Crippen molar-refractivity contribution in [2.45, 2.75) is 97.2 Å². The molecule has 4 saturated carbocycles. The first-order valence-corrected chi connectivity index (χ1v) is 12.1. The lowest BCUT2D eigenvalue weighted by Crippen LogP contribution is -2.58. The van der Waals surface area contributed by atoms with Crippen molar-refractivity contribution in [1.29, 1.82) is 0 Å². The maximum atomic E-state index is 12.6. The first kappa shape index (κ1) is 21.7. The van der Waals surface area contributed by atoms with Gasteiger partial charge in [-0.1, -0.05) is 20.8 Å². The summed E-state index contributed by atoms with van der Waals surface area (Å²) in [4.78, 5) is 11.5. The van der Waals surface area contributed by atoms with E-state index in [2.05, 4.69) is 20.8 Å². The third-order valence-corrected chi connectivity index (χ3v) is 10.4. The maximum absolute atomic E-state index is 12.6. The molecule has 10 unspecified atom stereocenters. The SMILES string of the molecule is CC(CCC(=O)CF)C1CCC2C3C(O)CC4CC(O)CCC4(C)C3CCC12C. The number of carbonyl (C=O) groups is 1. The van der Waals surface area contributed by atoms with Crippen molar-refractivity contribution in [2.24, 2.45) is 46.3 Å². The normalized spacial score (nSPS) is 50.3. The lowest BCUT2D eigenvalue weighted by molar-refractivity contribution is -0.174. The molecule has 0 amide bonds. The van der Waals surface area contributed by atoms with E-state index in [1.165, 1.54) is 25.7 Å². The summed E-state index contributed by atoms with van der Waals surface area (Å²) in [7, 11) is 0. The minimum Gasteiger partial charge on any atom is -0.393 e. The first-order chi connectivity index (χ1) is 13.7. The van der Waals surface area contributed by atoms with Gasteiger partial charge in [0.2, 0.25) is 0 Å². The molecule has 0 radical (unpaired) electrons. The van der Waals surface area contributed by atoms with Crippen molar-refractivity contribution in [3.05, 3.63) is 0 Å². The zero-order chi connectivity index (χ0) is 21.0. The highest BCUT2D eigenvalue weighted by Crippen LogP contribution is 2.68. The van der Waals surface area contributed by atoms with E-state index in [0.29, 0.717) is 41.9 Å². The van der Waals surface area contributed by atoms with Gasteiger partial charge < -0.3 is 10.2 Å². The number of fused-ring (bicyclic) bond motifs is 5. The summed E-state index contributed by atoms with van der Waals surface area (Å²) in [6.07, 6.45) is 9.23. The fraction of sp³-hybridized carbons (Fsp3) is 0.960. The minimum atomic E-state index is -0.832. The number of Topliss-reactive ketones (excluding diaryl/α,β-unsaturated/α-hetero) is 1. The molecule has 2 N–H and O–H groups in total. The molecule has 4 heteroatoms. The number of ketones is 1. The molecule has 4 aliphatic rings. The van der Waals surface area contributed by atoms with Gasteiger partial charge in [-0.15, -0.1) is 0 Å². The second kappa shape index (κ2) is 7.89. The average Bonchev–Trinajstić information content (AvgIpc) is 3.04. The van der Waals surface area contributed by atoms with E-state index >= 15 is 0 Å². The average molecular weight is 409 g/mol. The van der Waals surface area contributed by atoms with Crippen molar-refractivity contribution < 1.29 is 19.4 Å². The molecule has 0 aromatic carbocycles. The van der Waals surface area contributed by atoms with E-state index in [0.717, 1.165) is 32.1 Å². The Labute approximate surface area is 175 Å². The highest BCUT2D eigenvalue weighted by Gasteiger charge is 2.62. The summed E-state index contributed by atoms with van der Waals surface area (Å²) in [5.41, 5.74) is 0.499. The Morgan fingerprint density at radius 3 is 2.45 bits per heavy atom. The number of halogens is 1. The Kier molecular flexibility index (Phi) is 5.92. The summed E-state index contributed by atoms with van der Waals surface area (Å²) in [5, 5.41) is 21.5. The van der Waals surface area contributed by atoms with Crippen molar-refractivity contribution in [3.63, 3.8) is 0 Å². The third kappa shape index (κ3) is 3.50. The zero-order valence-electron chi connectivity index (χ0n) is 18.6. The van der Waals surface area contributed by atoms with Gasteiger partial charge in [-0.2, -0.15) is 0 Å². The van der Waals surface area contributed by atoms with Gasteiger partial charge in [0.15, 0.2) is 5.78 Å². The predicted molar refractivity (Wildman–Crippen MR) is 112 cm³/mol. The van der Waals surface area contributed by atoms with E-state index in [1.54, 1.807) is 0 Å². The van der Waals surface area contributed by atoms with E-state index in [1.807, 2.05) is 0 Å². The monoisotopic (exact) mass is 408 g/mol. The summed E-state index contributed by atoms with van der Waals surface area (Å²) >= 11 is 0. The number of aliphatic hydroxyl groups excluding tert-OH is 2. The van der Waals surface area contributed by atoms with Crippen LogP contribution in [0.25, 0.3) is 0 Å². The Bertz CT molecular complexity index is 623. The summed E-state index contributed by atoms with van der Waals surface area (Å²) in [6, 6.07) is 0. The second-order valence-electron chi connectivity index (χ2n) is 11.6. The standard InChI is InChI=1S/C25H41FO3/c1-15(4-5-18(28)14-26)19-6-7-20-23-21(9-11-25(19,20)3)24(2)10-8-17(27)12-16(24)13-22(23)29/h15-17,19-23,27,29H,4-14H2,1-3H3. The largest absolute Gasteiger partial charge is 0.393 e. The van der Waals surface area contributed by atoms with Crippen LogP contribution in [0.2, 0.25) is 0 Å². The van der Waals surface area contributed by atoms with Crippen molar-refractivity contribution in [3.8, 4) is 0 Å². The van der Waals surface area contributed by atoms with Gasteiger partial charge in [0, 0.05) is 6.42 Å². The highest BCUT2D eigenvalue weighted by atomic mass is 19.1. The first-order valence-electron chi connectivity index (χ1n) is 12.1. The number of hydrogen-bond acceptors (Lipinski definition) is 3. The maximum Gasteiger partial charge on any atom is 0.163 e. The Balaban J connectivity index is 1.53. The molecular weight excluding hydrogens is 367 g/mol.